The van der Waals surface area contributed by atoms with Crippen molar-refractivity contribution in [1.82, 2.24) is 10.3 Å². The lowest BCUT2D eigenvalue weighted by atomic mass is 10.3. The minimum Gasteiger partial charge on any atom is -0.332 e. The summed E-state index contributed by atoms with van der Waals surface area (Å²) in [7, 11) is 0. The molecule has 0 radical (unpaired) electrons. The molecule has 0 aliphatic heterocycles. The Kier molecular flexibility index (Phi) is 4.24. The SMILES string of the molecule is Cc1cccc(CNC(=O)Nc2cc(F)cc(F)c2)n1. The van der Waals surface area contributed by atoms with Crippen LogP contribution in [0, 0.1) is 18.6 Å². The molecule has 1 aromatic heterocycles. The molecule has 0 atom stereocenters. The molecule has 2 aromatic rings. The van der Waals surface area contributed by atoms with Crippen LogP contribution in [0.25, 0.3) is 0 Å². The van der Waals surface area contributed by atoms with Crippen molar-refractivity contribution in [3.63, 3.8) is 0 Å². The molecule has 104 valence electrons. The molecule has 0 aliphatic carbocycles. The molecule has 1 heterocycles. The van der Waals surface area contributed by atoms with Gasteiger partial charge in [0.25, 0.3) is 0 Å². The first-order chi connectivity index (χ1) is 9.52. The zero-order chi connectivity index (χ0) is 14.5. The summed E-state index contributed by atoms with van der Waals surface area (Å²) in [5, 5.41) is 4.91. The third-order valence-corrected chi connectivity index (χ3v) is 2.50. The normalized spacial score (nSPS) is 10.2. The van der Waals surface area contributed by atoms with E-state index in [4.69, 9.17) is 0 Å². The van der Waals surface area contributed by atoms with Crippen LogP contribution in [0.2, 0.25) is 0 Å². The highest BCUT2D eigenvalue weighted by molar-refractivity contribution is 5.89. The van der Waals surface area contributed by atoms with Gasteiger partial charge in [-0.1, -0.05) is 6.07 Å². The second kappa shape index (κ2) is 6.10. The number of anilines is 1. The number of nitrogens with zero attached hydrogens (tertiary/aromatic N) is 1. The van der Waals surface area contributed by atoms with Crippen molar-refractivity contribution in [2.75, 3.05) is 5.32 Å². The van der Waals surface area contributed by atoms with Gasteiger partial charge in [-0.2, -0.15) is 0 Å². The van der Waals surface area contributed by atoms with Crippen LogP contribution in [-0.4, -0.2) is 11.0 Å². The average molecular weight is 277 g/mol. The number of aromatic nitrogens is 1. The maximum Gasteiger partial charge on any atom is 0.319 e. The summed E-state index contributed by atoms with van der Waals surface area (Å²) in [4.78, 5) is 15.8. The van der Waals surface area contributed by atoms with Crippen LogP contribution in [0.1, 0.15) is 11.4 Å². The zero-order valence-corrected chi connectivity index (χ0v) is 10.8. The Morgan fingerprint density at radius 3 is 2.55 bits per heavy atom. The number of nitrogens with one attached hydrogen (secondary N) is 2. The number of amides is 2. The van der Waals surface area contributed by atoms with E-state index in [1.165, 1.54) is 0 Å². The van der Waals surface area contributed by atoms with E-state index in [0.29, 0.717) is 5.69 Å². The second-order valence-corrected chi connectivity index (χ2v) is 4.24. The summed E-state index contributed by atoms with van der Waals surface area (Å²) in [6.45, 7) is 2.07. The van der Waals surface area contributed by atoms with Crippen LogP contribution in [-0.2, 0) is 6.54 Å². The first kappa shape index (κ1) is 13.9. The molecule has 2 amide bonds. The molecule has 0 aliphatic rings. The maximum atomic E-state index is 13.0. The molecule has 0 saturated heterocycles. The van der Waals surface area contributed by atoms with Crippen LogP contribution < -0.4 is 10.6 Å². The third kappa shape index (κ3) is 4.01. The van der Waals surface area contributed by atoms with Gasteiger partial charge in [-0.15, -0.1) is 0 Å². The number of halogens is 2. The van der Waals surface area contributed by atoms with Gasteiger partial charge < -0.3 is 10.6 Å². The van der Waals surface area contributed by atoms with Gasteiger partial charge in [0.1, 0.15) is 11.6 Å². The molecular weight excluding hydrogens is 264 g/mol. The van der Waals surface area contributed by atoms with E-state index in [1.54, 1.807) is 6.07 Å². The molecule has 6 heteroatoms. The van der Waals surface area contributed by atoms with E-state index >= 15 is 0 Å². The van der Waals surface area contributed by atoms with Gasteiger partial charge in [-0.3, -0.25) is 4.98 Å². The quantitative estimate of drug-likeness (QED) is 0.906. The van der Waals surface area contributed by atoms with E-state index in [1.807, 2.05) is 19.1 Å². The maximum absolute atomic E-state index is 13.0. The van der Waals surface area contributed by atoms with E-state index in [0.717, 1.165) is 23.9 Å². The van der Waals surface area contributed by atoms with Gasteiger partial charge in [0.05, 0.1) is 12.2 Å². The Balaban J connectivity index is 1.92. The molecule has 2 rings (SSSR count). The zero-order valence-electron chi connectivity index (χ0n) is 10.8. The first-order valence-electron chi connectivity index (χ1n) is 5.96. The van der Waals surface area contributed by atoms with Crippen LogP contribution in [0.5, 0.6) is 0 Å². The fourth-order valence-corrected chi connectivity index (χ4v) is 1.67. The van der Waals surface area contributed by atoms with Crippen molar-refractivity contribution < 1.29 is 13.6 Å². The number of urea groups is 1. The van der Waals surface area contributed by atoms with Crippen molar-refractivity contribution in [3.05, 3.63) is 59.4 Å². The van der Waals surface area contributed by atoms with E-state index in [2.05, 4.69) is 15.6 Å². The molecule has 1 aromatic carbocycles. The Hall–Kier alpha value is -2.50. The number of hydrogen-bond acceptors (Lipinski definition) is 2. The number of benzene rings is 1. The van der Waals surface area contributed by atoms with Gasteiger partial charge in [0.2, 0.25) is 0 Å². The van der Waals surface area contributed by atoms with E-state index in [-0.39, 0.29) is 12.2 Å². The van der Waals surface area contributed by atoms with Crippen molar-refractivity contribution in [2.45, 2.75) is 13.5 Å². The summed E-state index contributed by atoms with van der Waals surface area (Å²) < 4.78 is 25.9. The Labute approximate surface area is 114 Å². The van der Waals surface area contributed by atoms with Gasteiger partial charge in [-0.25, -0.2) is 13.6 Å². The van der Waals surface area contributed by atoms with Gasteiger partial charge in [0.15, 0.2) is 0 Å². The fraction of sp³-hybridized carbons (Fsp3) is 0.143. The Bertz CT molecular complexity index is 611. The van der Waals surface area contributed by atoms with Crippen LogP contribution in [0.4, 0.5) is 19.3 Å². The van der Waals surface area contributed by atoms with Crippen molar-refractivity contribution in [2.24, 2.45) is 0 Å². The monoisotopic (exact) mass is 277 g/mol. The standard InChI is InChI=1S/C14H13F2N3O/c1-9-3-2-4-12(18-9)8-17-14(20)19-13-6-10(15)5-11(16)7-13/h2-7H,8H2,1H3,(H2,17,19,20). The average Bonchev–Trinajstić information content (AvgIpc) is 2.35. The van der Waals surface area contributed by atoms with Crippen LogP contribution in [0.15, 0.2) is 36.4 Å². The van der Waals surface area contributed by atoms with E-state index in [9.17, 15) is 13.6 Å². The summed E-state index contributed by atoms with van der Waals surface area (Å²) >= 11 is 0. The van der Waals surface area contributed by atoms with Gasteiger partial charge in [-0.05, 0) is 31.2 Å². The molecule has 20 heavy (non-hydrogen) atoms. The molecule has 2 N–H and O–H groups in total. The molecule has 4 nitrogen and oxygen atoms in total. The van der Waals surface area contributed by atoms with Crippen LogP contribution >= 0.6 is 0 Å². The number of pyridine rings is 1. The number of hydrogen-bond donors (Lipinski definition) is 2. The van der Waals surface area contributed by atoms with E-state index < -0.39 is 17.7 Å². The highest BCUT2D eigenvalue weighted by Gasteiger charge is 2.05. The number of rotatable bonds is 3. The molecule has 0 spiro atoms. The third-order valence-electron chi connectivity index (χ3n) is 2.50. The molecular formula is C14H13F2N3O. The topological polar surface area (TPSA) is 54.0 Å². The summed E-state index contributed by atoms with van der Waals surface area (Å²) in [6, 6.07) is 7.70. The van der Waals surface area contributed by atoms with Crippen molar-refractivity contribution in [1.29, 1.82) is 0 Å². The van der Waals surface area contributed by atoms with Gasteiger partial charge in [0, 0.05) is 17.4 Å². The number of aryl methyl sites for hydroxylation is 1. The Morgan fingerprint density at radius 2 is 1.90 bits per heavy atom. The molecule has 0 bridgehead atoms. The number of carbonyl (C=O) groups is 1. The molecule has 0 unspecified atom stereocenters. The minimum absolute atomic E-state index is 0.0530. The highest BCUT2D eigenvalue weighted by atomic mass is 19.1. The Morgan fingerprint density at radius 1 is 1.20 bits per heavy atom. The van der Waals surface area contributed by atoms with Crippen LogP contribution in [0.3, 0.4) is 0 Å². The van der Waals surface area contributed by atoms with Gasteiger partial charge >= 0.3 is 6.03 Å². The molecule has 0 fully saturated rings. The summed E-state index contributed by atoms with van der Waals surface area (Å²) in [5.41, 5.74) is 1.60. The highest BCUT2D eigenvalue weighted by Crippen LogP contribution is 2.12. The summed E-state index contributed by atoms with van der Waals surface area (Å²) in [5.74, 6) is -1.50. The van der Waals surface area contributed by atoms with Crippen molar-refractivity contribution >= 4 is 11.7 Å². The second-order valence-electron chi connectivity index (χ2n) is 4.24. The first-order valence-corrected chi connectivity index (χ1v) is 5.96. The largest absolute Gasteiger partial charge is 0.332 e. The predicted molar refractivity (Wildman–Crippen MR) is 71.2 cm³/mol. The molecule has 0 saturated carbocycles. The lowest BCUT2D eigenvalue weighted by Gasteiger charge is -2.08. The predicted octanol–water partition coefficient (Wildman–Crippen LogP) is 2.99. The fourth-order valence-electron chi connectivity index (χ4n) is 1.67. The van der Waals surface area contributed by atoms with Crippen molar-refractivity contribution in [3.8, 4) is 0 Å². The lowest BCUT2D eigenvalue weighted by Crippen LogP contribution is -2.28. The summed E-state index contributed by atoms with van der Waals surface area (Å²) in [6.07, 6.45) is 0. The smallest absolute Gasteiger partial charge is 0.319 e. The lowest BCUT2D eigenvalue weighted by molar-refractivity contribution is 0.251. The number of carbonyl (C=O) groups excluding carboxylic acids is 1. The minimum atomic E-state index is -0.749.